The maximum Gasteiger partial charge on any atom is 0.227 e. The van der Waals surface area contributed by atoms with Gasteiger partial charge in [-0.1, -0.05) is 30.4 Å². The van der Waals surface area contributed by atoms with Crippen LogP contribution in [0.1, 0.15) is 18.1 Å². The first-order valence-electron chi connectivity index (χ1n) is 6.53. The van der Waals surface area contributed by atoms with Crippen LogP contribution in [0.2, 0.25) is 0 Å². The van der Waals surface area contributed by atoms with Crippen molar-refractivity contribution in [3.05, 3.63) is 59.7 Å². The van der Waals surface area contributed by atoms with E-state index in [-0.39, 0.29) is 6.61 Å². The summed E-state index contributed by atoms with van der Waals surface area (Å²) in [6.07, 6.45) is 4.05. The topological polar surface area (TPSA) is 46.3 Å². The summed E-state index contributed by atoms with van der Waals surface area (Å²) in [6, 6.07) is 13.6. The van der Waals surface area contributed by atoms with Crippen molar-refractivity contribution >= 4 is 17.2 Å². The lowest BCUT2D eigenvalue weighted by Gasteiger charge is -1.96. The van der Waals surface area contributed by atoms with E-state index in [1.54, 1.807) is 0 Å². The summed E-state index contributed by atoms with van der Waals surface area (Å²) in [5.74, 6) is 0.599. The highest BCUT2D eigenvalue weighted by Gasteiger charge is 2.08. The summed E-state index contributed by atoms with van der Waals surface area (Å²) >= 11 is 0. The van der Waals surface area contributed by atoms with Crippen LogP contribution in [0.5, 0.6) is 0 Å². The average Bonchev–Trinajstić information content (AvgIpc) is 2.91. The molecule has 0 radical (unpaired) electrons. The average molecular weight is 265 g/mol. The summed E-state index contributed by atoms with van der Waals surface area (Å²) in [5, 5.41) is 9.13. The molecule has 0 saturated carbocycles. The van der Waals surface area contributed by atoms with Crippen molar-refractivity contribution < 1.29 is 9.52 Å². The Bertz CT molecular complexity index is 754. The number of hydrogen-bond acceptors (Lipinski definition) is 3. The van der Waals surface area contributed by atoms with Crippen molar-refractivity contribution in [3.63, 3.8) is 0 Å². The van der Waals surface area contributed by atoms with Gasteiger partial charge in [0.2, 0.25) is 5.89 Å². The molecule has 2 aromatic carbocycles. The van der Waals surface area contributed by atoms with Crippen LogP contribution < -0.4 is 0 Å². The summed E-state index contributed by atoms with van der Waals surface area (Å²) in [6.45, 7) is 2.00. The highest BCUT2D eigenvalue weighted by atomic mass is 16.3. The number of fused-ring (bicyclic) bond motifs is 1. The quantitative estimate of drug-likeness (QED) is 0.778. The van der Waals surface area contributed by atoms with E-state index < -0.39 is 0 Å². The third kappa shape index (κ3) is 2.36. The molecule has 1 aromatic heterocycles. The van der Waals surface area contributed by atoms with E-state index in [0.29, 0.717) is 11.5 Å². The normalized spacial score (nSPS) is 11.5. The molecule has 0 saturated heterocycles. The van der Waals surface area contributed by atoms with E-state index in [1.807, 2.05) is 61.5 Å². The molecule has 100 valence electrons. The second kappa shape index (κ2) is 5.31. The Balaban J connectivity index is 2.00. The first-order valence-corrected chi connectivity index (χ1v) is 6.53. The molecule has 3 aromatic rings. The molecule has 3 rings (SSSR count). The van der Waals surface area contributed by atoms with Gasteiger partial charge in [0.15, 0.2) is 5.58 Å². The minimum atomic E-state index is 0.00399. The Labute approximate surface area is 117 Å². The Morgan fingerprint density at radius 3 is 2.65 bits per heavy atom. The van der Waals surface area contributed by atoms with Crippen molar-refractivity contribution in [1.29, 1.82) is 0 Å². The van der Waals surface area contributed by atoms with Crippen molar-refractivity contribution in [2.75, 3.05) is 0 Å². The molecular weight excluding hydrogens is 250 g/mol. The third-order valence-corrected chi connectivity index (χ3v) is 3.15. The van der Waals surface area contributed by atoms with Gasteiger partial charge in [-0.15, -0.1) is 0 Å². The van der Waals surface area contributed by atoms with Gasteiger partial charge < -0.3 is 9.52 Å². The molecule has 0 atom stereocenters. The number of allylic oxidation sites excluding steroid dienone is 1. The number of aromatic nitrogens is 1. The largest absolute Gasteiger partial charge is 0.436 e. The molecule has 0 aliphatic carbocycles. The Kier molecular flexibility index (Phi) is 3.35. The highest BCUT2D eigenvalue weighted by molar-refractivity contribution is 5.77. The van der Waals surface area contributed by atoms with Crippen molar-refractivity contribution in [2.45, 2.75) is 13.5 Å². The van der Waals surface area contributed by atoms with Gasteiger partial charge >= 0.3 is 0 Å². The minimum absolute atomic E-state index is 0.00399. The molecule has 3 heteroatoms. The molecule has 1 N–H and O–H groups in total. The van der Waals surface area contributed by atoms with Crippen LogP contribution in [0.15, 0.2) is 53.0 Å². The van der Waals surface area contributed by atoms with Crippen LogP contribution in [0.3, 0.4) is 0 Å². The maximum atomic E-state index is 9.13. The summed E-state index contributed by atoms with van der Waals surface area (Å²) in [7, 11) is 0. The number of aliphatic hydroxyl groups excluding tert-OH is 1. The minimum Gasteiger partial charge on any atom is -0.436 e. The first kappa shape index (κ1) is 12.6. The molecule has 20 heavy (non-hydrogen) atoms. The maximum absolute atomic E-state index is 9.13. The summed E-state index contributed by atoms with van der Waals surface area (Å²) in [4.78, 5) is 4.47. The number of aliphatic hydroxyl groups is 1. The number of benzene rings is 2. The van der Waals surface area contributed by atoms with Crippen LogP contribution in [0.25, 0.3) is 28.6 Å². The lowest BCUT2D eigenvalue weighted by atomic mass is 10.1. The summed E-state index contributed by atoms with van der Waals surface area (Å²) < 4.78 is 5.76. The molecule has 0 fully saturated rings. The van der Waals surface area contributed by atoms with E-state index in [0.717, 1.165) is 22.2 Å². The number of rotatable bonds is 3. The van der Waals surface area contributed by atoms with Crippen molar-refractivity contribution in [1.82, 2.24) is 4.98 Å². The first-order chi connectivity index (χ1) is 9.80. The van der Waals surface area contributed by atoms with Crippen molar-refractivity contribution in [2.24, 2.45) is 0 Å². The number of oxazole rings is 1. The van der Waals surface area contributed by atoms with Crippen LogP contribution in [-0.2, 0) is 6.61 Å². The molecule has 0 amide bonds. The Hall–Kier alpha value is -2.39. The van der Waals surface area contributed by atoms with Crippen LogP contribution in [0.4, 0.5) is 0 Å². The molecule has 0 unspecified atom stereocenters. The van der Waals surface area contributed by atoms with Crippen LogP contribution in [0, 0.1) is 0 Å². The van der Waals surface area contributed by atoms with E-state index >= 15 is 0 Å². The van der Waals surface area contributed by atoms with Gasteiger partial charge in [-0.2, -0.15) is 0 Å². The molecule has 0 aliphatic rings. The van der Waals surface area contributed by atoms with Crippen molar-refractivity contribution in [3.8, 4) is 11.5 Å². The smallest absolute Gasteiger partial charge is 0.227 e. The second-order valence-corrected chi connectivity index (χ2v) is 4.60. The predicted molar refractivity (Wildman–Crippen MR) is 80.1 cm³/mol. The highest BCUT2D eigenvalue weighted by Crippen LogP contribution is 2.25. The fourth-order valence-corrected chi connectivity index (χ4v) is 2.12. The number of nitrogens with zero attached hydrogens (tertiary/aromatic N) is 1. The monoisotopic (exact) mass is 265 g/mol. The van der Waals surface area contributed by atoms with E-state index in [1.165, 1.54) is 0 Å². The lowest BCUT2D eigenvalue weighted by molar-refractivity contribution is 0.282. The molecule has 1 heterocycles. The van der Waals surface area contributed by atoms with Gasteiger partial charge in [0.05, 0.1) is 6.61 Å². The fraction of sp³-hybridized carbons (Fsp3) is 0.118. The second-order valence-electron chi connectivity index (χ2n) is 4.60. The third-order valence-electron chi connectivity index (χ3n) is 3.15. The SMILES string of the molecule is CC=Cc1ccc(-c2nc3ccc(CO)cc3o2)cc1. The molecular formula is C17H15NO2. The van der Waals surface area contributed by atoms with Gasteiger partial charge in [0, 0.05) is 5.56 Å². The van der Waals surface area contributed by atoms with Crippen LogP contribution >= 0.6 is 0 Å². The van der Waals surface area contributed by atoms with Gasteiger partial charge in [-0.3, -0.25) is 0 Å². The molecule has 0 bridgehead atoms. The van der Waals surface area contributed by atoms with Crippen LogP contribution in [-0.4, -0.2) is 10.1 Å². The number of hydrogen-bond donors (Lipinski definition) is 1. The Morgan fingerprint density at radius 1 is 1.15 bits per heavy atom. The zero-order valence-corrected chi connectivity index (χ0v) is 11.2. The van der Waals surface area contributed by atoms with E-state index in [4.69, 9.17) is 9.52 Å². The molecule has 3 nitrogen and oxygen atoms in total. The standard InChI is InChI=1S/C17H15NO2/c1-2-3-12-4-7-14(8-5-12)17-18-15-9-6-13(11-19)10-16(15)20-17/h2-10,19H,11H2,1H3. The molecule has 0 aliphatic heterocycles. The van der Waals surface area contributed by atoms with Gasteiger partial charge in [-0.05, 0) is 42.3 Å². The molecule has 0 spiro atoms. The summed E-state index contributed by atoms with van der Waals surface area (Å²) in [5.41, 5.74) is 4.41. The van der Waals surface area contributed by atoms with E-state index in [2.05, 4.69) is 4.98 Å². The van der Waals surface area contributed by atoms with Gasteiger partial charge in [0.1, 0.15) is 5.52 Å². The zero-order valence-electron chi connectivity index (χ0n) is 11.2. The predicted octanol–water partition coefficient (Wildman–Crippen LogP) is 4.02. The zero-order chi connectivity index (χ0) is 13.9. The van der Waals surface area contributed by atoms with Gasteiger partial charge in [0.25, 0.3) is 0 Å². The Morgan fingerprint density at radius 2 is 1.95 bits per heavy atom. The van der Waals surface area contributed by atoms with Gasteiger partial charge in [-0.25, -0.2) is 4.98 Å². The van der Waals surface area contributed by atoms with E-state index in [9.17, 15) is 0 Å². The lowest BCUT2D eigenvalue weighted by Crippen LogP contribution is -1.80. The fourth-order valence-electron chi connectivity index (χ4n) is 2.12.